The van der Waals surface area contributed by atoms with Crippen LogP contribution in [0.5, 0.6) is 0 Å². The molecule has 0 radical (unpaired) electrons. The SMILES string of the molecule is C=CCC/C=C/C=C\CCCCCCC1CCC([C@@H]2CC[C@@H](CC(=O)[O-])OO2)O1.[Na+]. The van der Waals surface area contributed by atoms with Crippen molar-refractivity contribution in [1.82, 2.24) is 0 Å². The molecular formula is C24H37NaO5. The Balaban J connectivity index is 0.00000450. The average molecular weight is 429 g/mol. The van der Waals surface area contributed by atoms with Gasteiger partial charge in [0.25, 0.3) is 0 Å². The molecule has 0 aromatic carbocycles. The summed E-state index contributed by atoms with van der Waals surface area (Å²) in [5.74, 6) is -1.10. The quantitative estimate of drug-likeness (QED) is 0.138. The molecule has 6 heteroatoms. The summed E-state index contributed by atoms with van der Waals surface area (Å²) in [5, 5.41) is 10.6. The number of ether oxygens (including phenoxy) is 1. The third-order valence-corrected chi connectivity index (χ3v) is 5.61. The van der Waals surface area contributed by atoms with Gasteiger partial charge >= 0.3 is 29.6 Å². The number of carbonyl (C=O) groups is 1. The van der Waals surface area contributed by atoms with Gasteiger partial charge in [0.05, 0.1) is 18.3 Å². The maximum absolute atomic E-state index is 10.6. The molecule has 30 heavy (non-hydrogen) atoms. The molecule has 0 aromatic rings. The molecule has 2 fully saturated rings. The first kappa shape index (κ1) is 27.6. The molecule has 0 N–H and O–H groups in total. The van der Waals surface area contributed by atoms with Crippen LogP contribution in [-0.2, 0) is 19.3 Å². The fourth-order valence-corrected chi connectivity index (χ4v) is 3.94. The largest absolute Gasteiger partial charge is 1.00 e. The second kappa shape index (κ2) is 17.2. The van der Waals surface area contributed by atoms with Gasteiger partial charge in [0.1, 0.15) is 6.10 Å². The number of carbonyl (C=O) groups excluding carboxylic acids is 1. The molecule has 5 nitrogen and oxygen atoms in total. The fourth-order valence-electron chi connectivity index (χ4n) is 3.94. The van der Waals surface area contributed by atoms with E-state index in [2.05, 4.69) is 30.9 Å². The minimum atomic E-state index is -1.10. The van der Waals surface area contributed by atoms with E-state index < -0.39 is 12.1 Å². The Morgan fingerprint density at radius 2 is 1.57 bits per heavy atom. The van der Waals surface area contributed by atoms with E-state index in [0.717, 1.165) is 44.9 Å². The van der Waals surface area contributed by atoms with E-state index >= 15 is 0 Å². The van der Waals surface area contributed by atoms with Crippen molar-refractivity contribution in [2.24, 2.45) is 0 Å². The van der Waals surface area contributed by atoms with Gasteiger partial charge in [0.2, 0.25) is 0 Å². The zero-order chi connectivity index (χ0) is 20.7. The summed E-state index contributed by atoms with van der Waals surface area (Å²) in [7, 11) is 0. The second-order valence-corrected chi connectivity index (χ2v) is 8.09. The van der Waals surface area contributed by atoms with Crippen LogP contribution in [0.25, 0.3) is 0 Å². The predicted molar refractivity (Wildman–Crippen MR) is 112 cm³/mol. The van der Waals surface area contributed by atoms with Crippen molar-refractivity contribution < 1.29 is 54.0 Å². The summed E-state index contributed by atoms with van der Waals surface area (Å²) in [5.41, 5.74) is 0. The molecular weight excluding hydrogens is 391 g/mol. The third-order valence-electron chi connectivity index (χ3n) is 5.61. The van der Waals surface area contributed by atoms with Crippen molar-refractivity contribution in [2.45, 2.75) is 108 Å². The van der Waals surface area contributed by atoms with E-state index in [0.29, 0.717) is 12.5 Å². The number of hydrogen-bond donors (Lipinski definition) is 0. The Morgan fingerprint density at radius 1 is 0.867 bits per heavy atom. The number of carboxylic acid groups (broad SMARTS) is 1. The van der Waals surface area contributed by atoms with E-state index in [1.54, 1.807) is 0 Å². The van der Waals surface area contributed by atoms with E-state index in [9.17, 15) is 9.90 Å². The number of aliphatic carboxylic acids is 1. The summed E-state index contributed by atoms with van der Waals surface area (Å²) in [6.07, 6.45) is 23.4. The molecule has 2 heterocycles. The first-order valence-electron chi connectivity index (χ1n) is 11.3. The second-order valence-electron chi connectivity index (χ2n) is 8.09. The normalized spacial score (nSPS) is 26.8. The third kappa shape index (κ3) is 11.8. The van der Waals surface area contributed by atoms with E-state index in [-0.39, 0.29) is 48.2 Å². The van der Waals surface area contributed by atoms with Crippen LogP contribution in [0.1, 0.15) is 83.5 Å². The van der Waals surface area contributed by atoms with Gasteiger partial charge in [-0.3, -0.25) is 0 Å². The monoisotopic (exact) mass is 428 g/mol. The molecule has 0 amide bonds. The summed E-state index contributed by atoms with van der Waals surface area (Å²) < 4.78 is 6.16. The van der Waals surface area contributed by atoms with Crippen molar-refractivity contribution >= 4 is 5.97 Å². The predicted octanol–water partition coefficient (Wildman–Crippen LogP) is 1.58. The zero-order valence-electron chi connectivity index (χ0n) is 18.6. The number of allylic oxidation sites excluding steroid dienone is 5. The summed E-state index contributed by atoms with van der Waals surface area (Å²) >= 11 is 0. The van der Waals surface area contributed by atoms with Crippen LogP contribution in [-0.4, -0.2) is 30.4 Å². The Labute approximate surface area is 204 Å². The molecule has 2 saturated heterocycles. The summed E-state index contributed by atoms with van der Waals surface area (Å²) in [6, 6.07) is 0. The molecule has 2 aliphatic heterocycles. The van der Waals surface area contributed by atoms with Gasteiger partial charge in [0, 0.05) is 12.4 Å². The Morgan fingerprint density at radius 3 is 2.27 bits per heavy atom. The minimum absolute atomic E-state index is 0. The van der Waals surface area contributed by atoms with E-state index in [1.165, 1.54) is 25.7 Å². The van der Waals surface area contributed by atoms with Crippen LogP contribution in [0.2, 0.25) is 0 Å². The molecule has 2 unspecified atom stereocenters. The van der Waals surface area contributed by atoms with Crippen molar-refractivity contribution in [3.05, 3.63) is 37.0 Å². The van der Waals surface area contributed by atoms with Crippen LogP contribution in [0.3, 0.4) is 0 Å². The summed E-state index contributed by atoms with van der Waals surface area (Å²) in [6.45, 7) is 3.72. The number of carboxylic acids is 1. The van der Waals surface area contributed by atoms with Gasteiger partial charge in [0.15, 0.2) is 0 Å². The van der Waals surface area contributed by atoms with Gasteiger partial charge in [-0.2, -0.15) is 0 Å². The Bertz CT molecular complexity index is 526. The number of rotatable bonds is 14. The maximum Gasteiger partial charge on any atom is 1.00 e. The number of unbranched alkanes of at least 4 members (excludes halogenated alkanes) is 5. The Kier molecular flexibility index (Phi) is 15.8. The van der Waals surface area contributed by atoms with E-state index in [4.69, 9.17) is 14.5 Å². The van der Waals surface area contributed by atoms with Crippen LogP contribution < -0.4 is 34.7 Å². The molecule has 4 atom stereocenters. The number of hydrogen-bond acceptors (Lipinski definition) is 5. The molecule has 0 aromatic heterocycles. The zero-order valence-corrected chi connectivity index (χ0v) is 20.6. The molecule has 2 aliphatic rings. The van der Waals surface area contributed by atoms with Gasteiger partial charge in [-0.25, -0.2) is 9.78 Å². The van der Waals surface area contributed by atoms with Crippen LogP contribution >= 0.6 is 0 Å². The first-order valence-corrected chi connectivity index (χ1v) is 11.3. The Hall–Kier alpha value is -0.430. The first-order chi connectivity index (χ1) is 14.2. The molecule has 0 aliphatic carbocycles. The van der Waals surface area contributed by atoms with Gasteiger partial charge in [-0.1, -0.05) is 49.6 Å². The van der Waals surface area contributed by atoms with Crippen LogP contribution in [0.4, 0.5) is 0 Å². The minimum Gasteiger partial charge on any atom is -0.550 e. The van der Waals surface area contributed by atoms with Gasteiger partial charge in [-0.05, 0) is 57.8 Å². The topological polar surface area (TPSA) is 67.8 Å². The maximum atomic E-state index is 10.6. The summed E-state index contributed by atoms with van der Waals surface area (Å²) in [4.78, 5) is 21.2. The van der Waals surface area contributed by atoms with Gasteiger partial charge in [-0.15, -0.1) is 6.58 Å². The van der Waals surface area contributed by atoms with Crippen LogP contribution in [0, 0.1) is 0 Å². The smallest absolute Gasteiger partial charge is 0.550 e. The molecule has 0 spiro atoms. The molecule has 2 rings (SSSR count). The molecule has 164 valence electrons. The fraction of sp³-hybridized carbons (Fsp3) is 0.708. The average Bonchev–Trinajstić information content (AvgIpc) is 3.18. The molecule has 0 bridgehead atoms. The van der Waals surface area contributed by atoms with Crippen molar-refractivity contribution in [3.63, 3.8) is 0 Å². The van der Waals surface area contributed by atoms with Crippen molar-refractivity contribution in [2.75, 3.05) is 0 Å². The van der Waals surface area contributed by atoms with E-state index in [1.807, 2.05) is 6.08 Å². The molecule has 0 saturated carbocycles. The van der Waals surface area contributed by atoms with Crippen molar-refractivity contribution in [3.8, 4) is 0 Å². The van der Waals surface area contributed by atoms with Crippen molar-refractivity contribution in [1.29, 1.82) is 0 Å². The standard InChI is InChI=1S/C24H38O5.Na/c1-2-3-4-5-6-7-8-9-10-11-12-13-14-20-15-17-22(27-20)23-18-16-21(28-29-23)19-24(25)26;/h2,5-8,20-23H,1,3-4,9-19H2,(H,25,26);/q;+1/p-1/b6-5+,8-7-;/t20?,21-,22?,23-;/m0./s1. The van der Waals surface area contributed by atoms with Gasteiger partial charge < -0.3 is 14.6 Å². The van der Waals surface area contributed by atoms with Crippen LogP contribution in [0.15, 0.2) is 37.0 Å².